The Labute approximate surface area is 138 Å². The Morgan fingerprint density at radius 3 is 2.74 bits per heavy atom. The van der Waals surface area contributed by atoms with Gasteiger partial charge in [-0.05, 0) is 30.2 Å². The molecule has 0 bridgehead atoms. The average molecular weight is 327 g/mol. The molecule has 0 aliphatic heterocycles. The van der Waals surface area contributed by atoms with E-state index in [4.69, 9.17) is 11.6 Å². The number of hydrogen-bond donors (Lipinski definition) is 1. The fourth-order valence-electron chi connectivity index (χ4n) is 2.16. The summed E-state index contributed by atoms with van der Waals surface area (Å²) >= 11 is 6.12. The zero-order chi connectivity index (χ0) is 16.2. The first-order valence-corrected chi connectivity index (χ1v) is 7.51. The van der Waals surface area contributed by atoms with Gasteiger partial charge in [-0.15, -0.1) is 5.10 Å². The lowest BCUT2D eigenvalue weighted by atomic mass is 10.2. The van der Waals surface area contributed by atoms with Crippen LogP contribution in [0.15, 0.2) is 54.7 Å². The van der Waals surface area contributed by atoms with E-state index in [1.807, 2.05) is 43.3 Å². The molecular weight excluding hydrogens is 312 g/mol. The van der Waals surface area contributed by atoms with Gasteiger partial charge in [-0.25, -0.2) is 4.68 Å². The number of amides is 1. The zero-order valence-electron chi connectivity index (χ0n) is 12.5. The van der Waals surface area contributed by atoms with Crippen molar-refractivity contribution in [2.24, 2.45) is 0 Å². The van der Waals surface area contributed by atoms with Crippen molar-refractivity contribution in [1.29, 1.82) is 0 Å². The lowest BCUT2D eigenvalue weighted by molar-refractivity contribution is 0.102. The second kappa shape index (κ2) is 6.62. The molecule has 1 N–H and O–H groups in total. The van der Waals surface area contributed by atoms with Crippen LogP contribution in [0.2, 0.25) is 5.02 Å². The van der Waals surface area contributed by atoms with Crippen molar-refractivity contribution in [3.8, 4) is 0 Å². The van der Waals surface area contributed by atoms with Crippen LogP contribution in [0.25, 0.3) is 0 Å². The highest BCUT2D eigenvalue weighted by Crippen LogP contribution is 2.23. The fourth-order valence-corrected chi connectivity index (χ4v) is 2.44. The summed E-state index contributed by atoms with van der Waals surface area (Å²) in [6.45, 7) is 2.50. The third kappa shape index (κ3) is 3.76. The van der Waals surface area contributed by atoms with Gasteiger partial charge in [-0.2, -0.15) is 0 Å². The van der Waals surface area contributed by atoms with Crippen molar-refractivity contribution >= 4 is 23.2 Å². The highest BCUT2D eigenvalue weighted by atomic mass is 35.5. The molecule has 0 spiro atoms. The van der Waals surface area contributed by atoms with Crippen LogP contribution >= 0.6 is 11.6 Å². The molecule has 3 rings (SSSR count). The number of aromatic nitrogens is 3. The van der Waals surface area contributed by atoms with Crippen LogP contribution in [0.4, 0.5) is 5.69 Å². The first kappa shape index (κ1) is 15.2. The summed E-state index contributed by atoms with van der Waals surface area (Å²) in [6.07, 6.45) is 1.62. The van der Waals surface area contributed by atoms with Gasteiger partial charge in [0.25, 0.3) is 5.91 Å². The molecule has 1 amide bonds. The lowest BCUT2D eigenvalue weighted by Gasteiger charge is -2.06. The number of carbonyl (C=O) groups is 1. The van der Waals surface area contributed by atoms with Crippen molar-refractivity contribution in [3.05, 3.63) is 76.6 Å². The predicted molar refractivity (Wildman–Crippen MR) is 89.7 cm³/mol. The molecule has 0 atom stereocenters. The lowest BCUT2D eigenvalue weighted by Crippen LogP contribution is -2.12. The van der Waals surface area contributed by atoms with Gasteiger partial charge >= 0.3 is 0 Å². The van der Waals surface area contributed by atoms with Crippen molar-refractivity contribution in [3.63, 3.8) is 0 Å². The number of benzene rings is 2. The molecule has 0 aliphatic carbocycles. The zero-order valence-corrected chi connectivity index (χ0v) is 13.3. The van der Waals surface area contributed by atoms with Gasteiger partial charge in [0.05, 0.1) is 23.5 Å². The second-order valence-electron chi connectivity index (χ2n) is 5.22. The summed E-state index contributed by atoms with van der Waals surface area (Å²) in [4.78, 5) is 12.2. The van der Waals surface area contributed by atoms with Gasteiger partial charge in [-0.3, -0.25) is 4.79 Å². The van der Waals surface area contributed by atoms with Gasteiger partial charge in [-0.1, -0.05) is 53.2 Å². The maximum absolute atomic E-state index is 12.2. The molecule has 1 aromatic heterocycles. The normalized spacial score (nSPS) is 10.5. The molecule has 1 heterocycles. The van der Waals surface area contributed by atoms with Gasteiger partial charge in [0.1, 0.15) is 0 Å². The summed E-state index contributed by atoms with van der Waals surface area (Å²) in [7, 11) is 0. The molecule has 3 aromatic rings. The summed E-state index contributed by atoms with van der Waals surface area (Å²) in [5, 5.41) is 11.1. The van der Waals surface area contributed by atoms with Crippen LogP contribution in [-0.4, -0.2) is 20.9 Å². The van der Waals surface area contributed by atoms with Crippen LogP contribution in [0.1, 0.15) is 21.6 Å². The second-order valence-corrected chi connectivity index (χ2v) is 5.63. The molecule has 5 nitrogen and oxygen atoms in total. The molecule has 0 saturated heterocycles. The Hall–Kier alpha value is -2.66. The molecule has 23 heavy (non-hydrogen) atoms. The standard InChI is InChI=1S/C17H15ClN4O/c1-12-7-8-15(14(18)9-12)19-17(23)16-11-22(21-20-16)10-13-5-3-2-4-6-13/h2-9,11H,10H2,1H3,(H,19,23). The van der Waals surface area contributed by atoms with E-state index in [1.165, 1.54) is 0 Å². The van der Waals surface area contributed by atoms with Gasteiger partial charge in [0, 0.05) is 0 Å². The number of hydrogen-bond acceptors (Lipinski definition) is 3. The highest BCUT2D eigenvalue weighted by molar-refractivity contribution is 6.34. The minimum Gasteiger partial charge on any atom is -0.319 e. The number of halogens is 1. The number of nitrogens with one attached hydrogen (secondary N) is 1. The fraction of sp³-hybridized carbons (Fsp3) is 0.118. The van der Waals surface area contributed by atoms with Gasteiger partial charge < -0.3 is 5.32 Å². The average Bonchev–Trinajstić information content (AvgIpc) is 3.00. The first-order chi connectivity index (χ1) is 11.1. The molecular formula is C17H15ClN4O. The smallest absolute Gasteiger partial charge is 0.277 e. The van der Waals surface area contributed by atoms with Crippen LogP contribution in [0.5, 0.6) is 0 Å². The van der Waals surface area contributed by atoms with E-state index in [1.54, 1.807) is 23.0 Å². The van der Waals surface area contributed by atoms with Crippen molar-refractivity contribution in [1.82, 2.24) is 15.0 Å². The molecule has 6 heteroatoms. The largest absolute Gasteiger partial charge is 0.319 e. The number of anilines is 1. The summed E-state index contributed by atoms with van der Waals surface area (Å²) in [5.74, 6) is -0.338. The Morgan fingerprint density at radius 2 is 2.00 bits per heavy atom. The van der Waals surface area contributed by atoms with Gasteiger partial charge in [0.2, 0.25) is 0 Å². The molecule has 0 saturated carbocycles. The SMILES string of the molecule is Cc1ccc(NC(=O)c2cn(Cc3ccccc3)nn2)c(Cl)c1. The molecule has 0 fully saturated rings. The minimum atomic E-state index is -0.338. The Bertz CT molecular complexity index is 830. The van der Waals surface area contributed by atoms with E-state index in [0.717, 1.165) is 11.1 Å². The summed E-state index contributed by atoms with van der Waals surface area (Å²) in [5.41, 5.74) is 2.92. The maximum Gasteiger partial charge on any atom is 0.277 e. The molecule has 0 radical (unpaired) electrons. The van der Waals surface area contributed by atoms with E-state index in [2.05, 4.69) is 15.6 Å². The monoisotopic (exact) mass is 326 g/mol. The predicted octanol–water partition coefficient (Wildman–Crippen LogP) is 3.54. The Balaban J connectivity index is 1.71. The van der Waals surface area contributed by atoms with Crippen LogP contribution in [0, 0.1) is 6.92 Å². The summed E-state index contributed by atoms with van der Waals surface area (Å²) in [6, 6.07) is 15.3. The van der Waals surface area contributed by atoms with Crippen molar-refractivity contribution < 1.29 is 4.79 Å². The molecule has 0 unspecified atom stereocenters. The maximum atomic E-state index is 12.2. The van der Waals surface area contributed by atoms with Crippen LogP contribution in [0.3, 0.4) is 0 Å². The van der Waals surface area contributed by atoms with E-state index in [9.17, 15) is 4.79 Å². The topological polar surface area (TPSA) is 59.8 Å². The van der Waals surface area contributed by atoms with Gasteiger partial charge in [0.15, 0.2) is 5.69 Å². The Morgan fingerprint density at radius 1 is 1.22 bits per heavy atom. The van der Waals surface area contributed by atoms with E-state index >= 15 is 0 Å². The van der Waals surface area contributed by atoms with Crippen molar-refractivity contribution in [2.75, 3.05) is 5.32 Å². The van der Waals surface area contributed by atoms with E-state index in [0.29, 0.717) is 17.3 Å². The Kier molecular flexibility index (Phi) is 4.39. The minimum absolute atomic E-state index is 0.248. The number of nitrogens with zero attached hydrogens (tertiary/aromatic N) is 3. The number of aryl methyl sites for hydroxylation is 1. The number of carbonyl (C=O) groups excluding carboxylic acids is 1. The third-order valence-electron chi connectivity index (χ3n) is 3.33. The first-order valence-electron chi connectivity index (χ1n) is 7.13. The highest BCUT2D eigenvalue weighted by Gasteiger charge is 2.13. The van der Waals surface area contributed by atoms with Crippen LogP contribution in [-0.2, 0) is 6.54 Å². The summed E-state index contributed by atoms with van der Waals surface area (Å²) < 4.78 is 1.63. The third-order valence-corrected chi connectivity index (χ3v) is 3.64. The van der Waals surface area contributed by atoms with Crippen molar-refractivity contribution in [2.45, 2.75) is 13.5 Å². The number of rotatable bonds is 4. The molecule has 2 aromatic carbocycles. The quantitative estimate of drug-likeness (QED) is 0.797. The molecule has 116 valence electrons. The van der Waals surface area contributed by atoms with E-state index < -0.39 is 0 Å². The van der Waals surface area contributed by atoms with E-state index in [-0.39, 0.29) is 11.6 Å². The molecule has 0 aliphatic rings. The van der Waals surface area contributed by atoms with Crippen LogP contribution < -0.4 is 5.32 Å².